The molecule has 3 aromatic rings. The molecule has 0 radical (unpaired) electrons. The Morgan fingerprint density at radius 3 is 2.67 bits per heavy atom. The van der Waals surface area contributed by atoms with Crippen LogP contribution in [-0.2, 0) is 11.2 Å². The Morgan fingerprint density at radius 1 is 1.20 bits per heavy atom. The topological polar surface area (TPSA) is 52.8 Å². The molecule has 0 unspecified atom stereocenters. The van der Waals surface area contributed by atoms with Gasteiger partial charge in [0.1, 0.15) is 11.6 Å². The molecule has 1 aromatic heterocycles. The van der Waals surface area contributed by atoms with E-state index in [4.69, 9.17) is 9.47 Å². The maximum Gasteiger partial charge on any atom is 0.387 e. The van der Waals surface area contributed by atoms with Crippen LogP contribution in [0.3, 0.4) is 0 Å². The van der Waals surface area contributed by atoms with E-state index in [0.717, 1.165) is 16.5 Å². The maximum absolute atomic E-state index is 16.2. The highest BCUT2D eigenvalue weighted by atomic mass is 19.3. The molecule has 0 bridgehead atoms. The molecular weight excluding hydrogens is 531 g/mol. The van der Waals surface area contributed by atoms with Crippen LogP contribution in [-0.4, -0.2) is 85.2 Å². The number of hydrogen-bond donors (Lipinski definition) is 2. The fourth-order valence-electron chi connectivity index (χ4n) is 6.30. The van der Waals surface area contributed by atoms with E-state index in [1.807, 2.05) is 36.1 Å². The lowest BCUT2D eigenvalue weighted by Gasteiger charge is -2.46. The van der Waals surface area contributed by atoms with E-state index in [2.05, 4.69) is 15.2 Å². The van der Waals surface area contributed by atoms with E-state index in [0.29, 0.717) is 43.9 Å². The molecule has 6 rings (SSSR count). The molecule has 3 aliphatic rings. The van der Waals surface area contributed by atoms with E-state index in [1.54, 1.807) is 0 Å². The van der Waals surface area contributed by atoms with E-state index in [9.17, 15) is 13.2 Å². The number of hydrogen-bond acceptors (Lipinski definition) is 5. The zero-order chi connectivity index (χ0) is 28.0. The number of aromatic nitrogens is 1. The lowest BCUT2D eigenvalue weighted by molar-refractivity contribution is -0.148. The van der Waals surface area contributed by atoms with Crippen molar-refractivity contribution in [3.05, 3.63) is 59.0 Å². The average Bonchev–Trinajstić information content (AvgIpc) is 3.23. The maximum atomic E-state index is 16.2. The number of anilines is 1. The van der Waals surface area contributed by atoms with Gasteiger partial charge in [0.2, 0.25) is 0 Å². The van der Waals surface area contributed by atoms with Gasteiger partial charge in [-0.15, -0.1) is 0 Å². The Morgan fingerprint density at radius 2 is 1.98 bits per heavy atom. The van der Waals surface area contributed by atoms with Crippen LogP contribution in [0.4, 0.5) is 27.6 Å². The van der Waals surface area contributed by atoms with Crippen molar-refractivity contribution in [2.45, 2.75) is 50.2 Å². The summed E-state index contributed by atoms with van der Waals surface area (Å²) in [5.74, 6) is -1.02. The summed E-state index contributed by atoms with van der Waals surface area (Å²) in [5.41, 5.74) is 1.07. The van der Waals surface area contributed by atoms with Gasteiger partial charge in [-0.05, 0) is 37.5 Å². The highest BCUT2D eigenvalue weighted by Gasteiger charge is 2.47. The molecular formula is C29H33F5N4O2. The fraction of sp³-hybridized carbons (Fsp3) is 0.517. The number of para-hydroxylation sites is 1. The third-order valence-corrected chi connectivity index (χ3v) is 8.22. The van der Waals surface area contributed by atoms with Crippen LogP contribution in [0.15, 0.2) is 36.4 Å². The van der Waals surface area contributed by atoms with Gasteiger partial charge in [-0.25, -0.2) is 8.78 Å². The van der Waals surface area contributed by atoms with Crippen LogP contribution in [0.1, 0.15) is 36.2 Å². The van der Waals surface area contributed by atoms with Gasteiger partial charge in [0.05, 0.1) is 37.5 Å². The van der Waals surface area contributed by atoms with Crippen molar-refractivity contribution in [3.63, 3.8) is 0 Å². The Labute approximate surface area is 229 Å². The zero-order valence-electron chi connectivity index (χ0n) is 22.2. The minimum absolute atomic E-state index is 0.0271. The van der Waals surface area contributed by atoms with Crippen LogP contribution in [0.25, 0.3) is 10.9 Å². The molecule has 3 aliphatic heterocycles. The predicted molar refractivity (Wildman–Crippen MR) is 142 cm³/mol. The highest BCUT2D eigenvalue weighted by molar-refractivity contribution is 5.85. The summed E-state index contributed by atoms with van der Waals surface area (Å²) in [6.45, 7) is 0.0914. The lowest BCUT2D eigenvalue weighted by atomic mass is 9.86. The SMILES string of the molecule is C[C@@H]1Cc2c([nH]c3ccccc23)[C@@H](c2c(F)cc(NC3CN(CCCF)C3)cc2OC(F)F)N1CC1(F)COC1. The number of alkyl halides is 4. The van der Waals surface area contributed by atoms with Crippen LogP contribution in [0.5, 0.6) is 5.75 Å². The van der Waals surface area contributed by atoms with E-state index >= 15 is 8.78 Å². The second-order valence-corrected chi connectivity index (χ2v) is 11.2. The third-order valence-electron chi connectivity index (χ3n) is 8.22. The highest BCUT2D eigenvalue weighted by Crippen LogP contribution is 2.46. The standard InChI is InChI=1S/C29H33F5N4O2/c1-17-9-21-20-5-2-3-6-23(20)36-26(21)27(38(17)14-29(34)15-39-16-29)25-22(31)10-18(11-24(25)40-28(32)33)35-19-12-37(13-19)8-4-7-30/h2-3,5-6,10-11,17,19,27-28,35-36H,4,7-9,12-16H2,1H3/t17-,27-/m1/s1. The monoisotopic (exact) mass is 564 g/mol. The number of rotatable bonds is 10. The van der Waals surface area contributed by atoms with Gasteiger partial charge in [0.25, 0.3) is 0 Å². The van der Waals surface area contributed by atoms with Gasteiger partial charge in [-0.2, -0.15) is 8.78 Å². The molecule has 2 saturated heterocycles. The van der Waals surface area contributed by atoms with Crippen LogP contribution >= 0.6 is 0 Å². The molecule has 0 spiro atoms. The number of ether oxygens (including phenoxy) is 2. The van der Waals surface area contributed by atoms with E-state index < -0.39 is 24.1 Å². The van der Waals surface area contributed by atoms with Gasteiger partial charge in [-0.1, -0.05) is 18.2 Å². The molecule has 0 amide bonds. The molecule has 2 N–H and O–H groups in total. The fourth-order valence-corrected chi connectivity index (χ4v) is 6.30. The van der Waals surface area contributed by atoms with Crippen molar-refractivity contribution in [3.8, 4) is 5.75 Å². The molecule has 4 heterocycles. The lowest BCUT2D eigenvalue weighted by Crippen LogP contribution is -2.57. The number of fused-ring (bicyclic) bond motifs is 3. The van der Waals surface area contributed by atoms with Gasteiger partial charge >= 0.3 is 6.61 Å². The van der Waals surface area contributed by atoms with Crippen LogP contribution < -0.4 is 10.1 Å². The van der Waals surface area contributed by atoms with Gasteiger partial charge in [-0.3, -0.25) is 14.2 Å². The minimum atomic E-state index is -3.18. The van der Waals surface area contributed by atoms with Crippen molar-refractivity contribution >= 4 is 16.6 Å². The average molecular weight is 565 g/mol. The summed E-state index contributed by atoms with van der Waals surface area (Å²) in [7, 11) is 0. The van der Waals surface area contributed by atoms with Crippen molar-refractivity contribution in [1.29, 1.82) is 0 Å². The number of aromatic amines is 1. The second-order valence-electron chi connectivity index (χ2n) is 11.2. The first-order valence-electron chi connectivity index (χ1n) is 13.7. The molecule has 216 valence electrons. The summed E-state index contributed by atoms with van der Waals surface area (Å²) < 4.78 is 81.6. The smallest absolute Gasteiger partial charge is 0.387 e. The van der Waals surface area contributed by atoms with Crippen molar-refractivity contribution in [2.75, 3.05) is 51.4 Å². The second kappa shape index (κ2) is 10.8. The minimum Gasteiger partial charge on any atom is -0.434 e. The molecule has 40 heavy (non-hydrogen) atoms. The molecule has 2 atom stereocenters. The number of halogens is 5. The first-order valence-corrected chi connectivity index (χ1v) is 13.7. The Bertz CT molecular complexity index is 1360. The number of nitrogens with zero attached hydrogens (tertiary/aromatic N) is 2. The molecule has 2 aromatic carbocycles. The van der Waals surface area contributed by atoms with Gasteiger partial charge in [0.15, 0.2) is 5.67 Å². The van der Waals surface area contributed by atoms with Gasteiger partial charge < -0.3 is 19.8 Å². The zero-order valence-corrected chi connectivity index (χ0v) is 22.2. The number of benzene rings is 2. The molecule has 6 nitrogen and oxygen atoms in total. The Balaban J connectivity index is 1.40. The normalized spacial score (nSPS) is 23.2. The third kappa shape index (κ3) is 5.14. The summed E-state index contributed by atoms with van der Waals surface area (Å²) in [6.07, 6.45) is 1.03. The molecule has 0 aliphatic carbocycles. The van der Waals surface area contributed by atoms with E-state index in [-0.39, 0.29) is 49.8 Å². The Kier molecular flexibility index (Phi) is 7.39. The Hall–Kier alpha value is -2.89. The molecule has 2 fully saturated rings. The first-order chi connectivity index (χ1) is 19.2. The largest absolute Gasteiger partial charge is 0.434 e. The van der Waals surface area contributed by atoms with Crippen LogP contribution in [0.2, 0.25) is 0 Å². The van der Waals surface area contributed by atoms with E-state index in [1.165, 1.54) is 12.1 Å². The van der Waals surface area contributed by atoms with Crippen molar-refractivity contribution in [1.82, 2.24) is 14.8 Å². The number of nitrogens with one attached hydrogen (secondary N) is 2. The quantitative estimate of drug-likeness (QED) is 0.322. The van der Waals surface area contributed by atoms with Gasteiger partial charge in [0, 0.05) is 60.6 Å². The van der Waals surface area contributed by atoms with Crippen molar-refractivity contribution in [2.24, 2.45) is 0 Å². The predicted octanol–water partition coefficient (Wildman–Crippen LogP) is 5.44. The molecule has 0 saturated carbocycles. The number of likely N-dealkylation sites (tertiary alicyclic amines) is 1. The summed E-state index contributed by atoms with van der Waals surface area (Å²) in [4.78, 5) is 7.27. The molecule has 11 heteroatoms. The first kappa shape index (κ1) is 27.3. The number of H-pyrrole nitrogens is 1. The summed E-state index contributed by atoms with van der Waals surface area (Å²) in [6, 6.07) is 9.22. The van der Waals surface area contributed by atoms with Crippen LogP contribution in [0, 0.1) is 5.82 Å². The summed E-state index contributed by atoms with van der Waals surface area (Å²) >= 11 is 0. The van der Waals surface area contributed by atoms with Crippen molar-refractivity contribution < 1.29 is 31.4 Å². The summed E-state index contributed by atoms with van der Waals surface area (Å²) in [5, 5.41) is 4.15.